The summed E-state index contributed by atoms with van der Waals surface area (Å²) in [7, 11) is 0. The first-order valence-electron chi connectivity index (χ1n) is 10.0. The monoisotopic (exact) mass is 412 g/mol. The van der Waals surface area contributed by atoms with Gasteiger partial charge in [-0.2, -0.15) is 4.98 Å². The summed E-state index contributed by atoms with van der Waals surface area (Å²) in [6.45, 7) is 4.16. The van der Waals surface area contributed by atoms with Gasteiger partial charge in [-0.15, -0.1) is 5.10 Å². The van der Waals surface area contributed by atoms with E-state index in [-0.39, 0.29) is 6.04 Å². The van der Waals surface area contributed by atoms with Crippen LogP contribution in [0.3, 0.4) is 0 Å². The number of rotatable bonds is 3. The molecule has 0 saturated heterocycles. The number of fused-ring (bicyclic) bond motifs is 1. The van der Waals surface area contributed by atoms with E-state index >= 15 is 0 Å². The second-order valence-corrected chi connectivity index (χ2v) is 8.18. The largest absolute Gasteiger partial charge is 0.249 e. The van der Waals surface area contributed by atoms with E-state index in [0.717, 1.165) is 33.8 Å². The molecule has 0 saturated carbocycles. The first-order valence-corrected chi connectivity index (χ1v) is 10.4. The van der Waals surface area contributed by atoms with Crippen molar-refractivity contribution in [2.24, 2.45) is 4.99 Å². The Balaban J connectivity index is 1.63. The number of nitrogens with zero attached hydrogens (tertiary/aromatic N) is 4. The average Bonchev–Trinajstić information content (AvgIpc) is 3.19. The van der Waals surface area contributed by atoms with Crippen molar-refractivity contribution in [3.05, 3.63) is 100 Å². The van der Waals surface area contributed by atoms with E-state index in [9.17, 15) is 0 Å². The van der Waals surface area contributed by atoms with Gasteiger partial charge in [-0.3, -0.25) is 0 Å². The van der Waals surface area contributed by atoms with Crippen molar-refractivity contribution in [3.8, 4) is 11.4 Å². The van der Waals surface area contributed by atoms with E-state index in [1.807, 2.05) is 16.8 Å². The maximum atomic E-state index is 6.13. The number of halogens is 1. The molecule has 1 unspecified atom stereocenters. The molecule has 1 aliphatic rings. The normalized spacial score (nSPS) is 15.6. The van der Waals surface area contributed by atoms with Crippen LogP contribution in [-0.2, 0) is 0 Å². The highest BCUT2D eigenvalue weighted by Gasteiger charge is 2.28. The second kappa shape index (κ2) is 7.54. The van der Waals surface area contributed by atoms with Gasteiger partial charge in [0.05, 0.1) is 11.8 Å². The Morgan fingerprint density at radius 2 is 1.40 bits per heavy atom. The molecule has 0 amide bonds. The summed E-state index contributed by atoms with van der Waals surface area (Å²) in [5.74, 6) is 1.32. The standard InChI is InChI=1S/C25H21ClN4/c1-16-3-7-18(8-4-16)22-15-23(19-11-13-21(26)14-12-19)30-25(27-22)28-24(29-30)20-9-5-17(2)6-10-20/h3-14,23H,15H2,1-2H3. The molecule has 0 spiro atoms. The van der Waals surface area contributed by atoms with E-state index in [2.05, 4.69) is 74.5 Å². The first kappa shape index (κ1) is 18.8. The van der Waals surface area contributed by atoms with Gasteiger partial charge in [-0.25, -0.2) is 9.67 Å². The minimum Gasteiger partial charge on any atom is -0.222 e. The van der Waals surface area contributed by atoms with Gasteiger partial charge in [-0.05, 0) is 37.1 Å². The van der Waals surface area contributed by atoms with E-state index in [1.54, 1.807) is 0 Å². The van der Waals surface area contributed by atoms with Gasteiger partial charge < -0.3 is 0 Å². The number of aromatic nitrogens is 3. The molecule has 0 bridgehead atoms. The van der Waals surface area contributed by atoms with Gasteiger partial charge >= 0.3 is 0 Å². The molecule has 5 rings (SSSR count). The molecule has 4 nitrogen and oxygen atoms in total. The number of aryl methyl sites for hydroxylation is 2. The zero-order valence-corrected chi connectivity index (χ0v) is 17.6. The van der Waals surface area contributed by atoms with Crippen LogP contribution in [0.2, 0.25) is 5.02 Å². The van der Waals surface area contributed by atoms with E-state index in [0.29, 0.717) is 11.8 Å². The Morgan fingerprint density at radius 1 is 0.800 bits per heavy atom. The highest BCUT2D eigenvalue weighted by Crippen LogP contribution is 2.34. The van der Waals surface area contributed by atoms with E-state index < -0.39 is 0 Å². The fraction of sp³-hybridized carbons (Fsp3) is 0.160. The van der Waals surface area contributed by atoms with Crippen LogP contribution in [0.15, 0.2) is 77.8 Å². The van der Waals surface area contributed by atoms with Gasteiger partial charge in [-0.1, -0.05) is 83.4 Å². The van der Waals surface area contributed by atoms with Crippen LogP contribution in [0.4, 0.5) is 5.95 Å². The minimum absolute atomic E-state index is 0.0118. The Labute approximate surface area is 180 Å². The molecule has 0 N–H and O–H groups in total. The summed E-state index contributed by atoms with van der Waals surface area (Å²) >= 11 is 6.13. The summed E-state index contributed by atoms with van der Waals surface area (Å²) in [6, 6.07) is 24.7. The zero-order valence-electron chi connectivity index (χ0n) is 16.9. The van der Waals surface area contributed by atoms with Gasteiger partial charge in [0.25, 0.3) is 0 Å². The Morgan fingerprint density at radius 3 is 2.03 bits per heavy atom. The summed E-state index contributed by atoms with van der Waals surface area (Å²) in [6.07, 6.45) is 0.744. The van der Waals surface area contributed by atoms with Gasteiger partial charge in [0.2, 0.25) is 5.95 Å². The maximum Gasteiger partial charge on any atom is 0.249 e. The predicted molar refractivity (Wildman–Crippen MR) is 122 cm³/mol. The van der Waals surface area contributed by atoms with Crippen molar-refractivity contribution in [1.29, 1.82) is 0 Å². The highest BCUT2D eigenvalue weighted by atomic mass is 35.5. The lowest BCUT2D eigenvalue weighted by Gasteiger charge is -2.24. The predicted octanol–water partition coefficient (Wildman–Crippen LogP) is 6.33. The Bertz CT molecular complexity index is 1220. The smallest absolute Gasteiger partial charge is 0.222 e. The number of hydrogen-bond donors (Lipinski definition) is 0. The first-order chi connectivity index (χ1) is 14.6. The average molecular weight is 413 g/mol. The number of hydrogen-bond acceptors (Lipinski definition) is 3. The lowest BCUT2D eigenvalue weighted by molar-refractivity contribution is 0.532. The molecule has 30 heavy (non-hydrogen) atoms. The fourth-order valence-electron chi connectivity index (χ4n) is 3.73. The topological polar surface area (TPSA) is 43.1 Å². The molecule has 1 aliphatic heterocycles. The fourth-order valence-corrected chi connectivity index (χ4v) is 3.86. The van der Waals surface area contributed by atoms with Crippen LogP contribution in [-0.4, -0.2) is 20.5 Å². The maximum absolute atomic E-state index is 6.13. The quantitative estimate of drug-likeness (QED) is 0.394. The molecule has 0 radical (unpaired) electrons. The molecular weight excluding hydrogens is 392 g/mol. The van der Waals surface area contributed by atoms with Crippen molar-refractivity contribution in [3.63, 3.8) is 0 Å². The minimum atomic E-state index is 0.0118. The van der Waals surface area contributed by atoms with Crippen LogP contribution in [0.5, 0.6) is 0 Å². The van der Waals surface area contributed by atoms with Crippen LogP contribution in [0.25, 0.3) is 11.4 Å². The summed E-state index contributed by atoms with van der Waals surface area (Å²) in [5, 5.41) is 5.56. The van der Waals surface area contributed by atoms with Crippen LogP contribution >= 0.6 is 11.6 Å². The molecule has 0 fully saturated rings. The molecule has 4 aromatic rings. The molecule has 148 valence electrons. The van der Waals surface area contributed by atoms with Gasteiger partial charge in [0.15, 0.2) is 5.82 Å². The lowest BCUT2D eigenvalue weighted by atomic mass is 9.96. The van der Waals surface area contributed by atoms with Crippen LogP contribution in [0.1, 0.15) is 34.7 Å². The Kier molecular flexibility index (Phi) is 4.72. The van der Waals surface area contributed by atoms with Crippen molar-refractivity contribution >= 4 is 23.3 Å². The third-order valence-electron chi connectivity index (χ3n) is 5.48. The van der Waals surface area contributed by atoms with Crippen molar-refractivity contribution in [2.75, 3.05) is 0 Å². The van der Waals surface area contributed by atoms with Crippen molar-refractivity contribution in [2.45, 2.75) is 26.3 Å². The van der Waals surface area contributed by atoms with E-state index in [4.69, 9.17) is 26.7 Å². The summed E-state index contributed by atoms with van der Waals surface area (Å²) in [4.78, 5) is 9.66. The highest BCUT2D eigenvalue weighted by molar-refractivity contribution is 6.30. The number of benzene rings is 3. The number of aliphatic imine (C=N–C) groups is 1. The van der Waals surface area contributed by atoms with E-state index in [1.165, 1.54) is 11.1 Å². The summed E-state index contributed by atoms with van der Waals surface area (Å²) < 4.78 is 1.94. The van der Waals surface area contributed by atoms with Crippen molar-refractivity contribution in [1.82, 2.24) is 14.8 Å². The zero-order chi connectivity index (χ0) is 20.7. The lowest BCUT2D eigenvalue weighted by Crippen LogP contribution is -2.21. The molecule has 3 aromatic carbocycles. The molecule has 2 heterocycles. The second-order valence-electron chi connectivity index (χ2n) is 7.74. The van der Waals surface area contributed by atoms with Gasteiger partial charge in [0, 0.05) is 17.0 Å². The van der Waals surface area contributed by atoms with Gasteiger partial charge in [0.1, 0.15) is 0 Å². The third kappa shape index (κ3) is 3.55. The SMILES string of the molecule is Cc1ccc(C2=Nc3nc(-c4ccc(C)cc4)nn3C(c3ccc(Cl)cc3)C2)cc1. The molecule has 1 atom stereocenters. The molecule has 5 heteroatoms. The molecular formula is C25H21ClN4. The van der Waals surface area contributed by atoms with Crippen LogP contribution in [0, 0.1) is 13.8 Å². The van der Waals surface area contributed by atoms with Crippen molar-refractivity contribution < 1.29 is 0 Å². The van der Waals surface area contributed by atoms with Crippen LogP contribution < -0.4 is 0 Å². The third-order valence-corrected chi connectivity index (χ3v) is 5.73. The summed E-state index contributed by atoms with van der Waals surface area (Å²) in [5.41, 5.74) is 6.71. The Hall–Kier alpha value is -3.24. The molecule has 0 aliphatic carbocycles. The molecule has 1 aromatic heterocycles.